The summed E-state index contributed by atoms with van der Waals surface area (Å²) in [6.45, 7) is 0.661. The van der Waals surface area contributed by atoms with E-state index in [1.54, 1.807) is 7.11 Å². The second-order valence-corrected chi connectivity index (χ2v) is 2.88. The van der Waals surface area contributed by atoms with Gasteiger partial charge in [0.25, 0.3) is 0 Å². The Morgan fingerprint density at radius 2 is 2.17 bits per heavy atom. The maximum absolute atomic E-state index is 5.07. The molecule has 12 heavy (non-hydrogen) atoms. The average Bonchev–Trinajstić information content (AvgIpc) is 2.09. The summed E-state index contributed by atoms with van der Waals surface area (Å²) >= 11 is 0. The molecule has 2 nitrogen and oxygen atoms in total. The van der Waals surface area contributed by atoms with Crippen LogP contribution in [0.4, 0.5) is 5.69 Å². The van der Waals surface area contributed by atoms with Gasteiger partial charge < -0.3 is 10.1 Å². The van der Waals surface area contributed by atoms with Crippen molar-refractivity contribution in [3.05, 3.63) is 29.8 Å². The predicted octanol–water partition coefficient (Wildman–Crippen LogP) is 2.08. The first kappa shape index (κ1) is 9.50. The molecule has 0 aliphatic heterocycles. The third-order valence-electron chi connectivity index (χ3n) is 1.61. The summed E-state index contributed by atoms with van der Waals surface area (Å²) in [5, 5.41) is 3.24. The second kappa shape index (κ2) is 5.13. The smallest absolute Gasteiger partial charge is 0.0733 e. The van der Waals surface area contributed by atoms with Gasteiger partial charge in [0.2, 0.25) is 0 Å². The monoisotopic (exact) mass is 183 g/mol. The van der Waals surface area contributed by atoms with E-state index < -0.39 is 0 Å². The number of hydrogen-bond donors (Lipinski definition) is 1. The molecule has 0 amide bonds. The Bertz CT molecular complexity index is 215. The molecule has 0 aromatic heterocycles. The molecule has 1 aromatic rings. The Hall–Kier alpha value is -0.590. The van der Waals surface area contributed by atoms with Crippen LogP contribution < -0.4 is 5.32 Å². The Balaban J connectivity index is 2.77. The lowest BCUT2D eigenvalue weighted by atomic mass is 10.2. The number of ether oxygens (including phenoxy) is 1. The van der Waals surface area contributed by atoms with Crippen LogP contribution in [0.1, 0.15) is 5.56 Å². The molecule has 66 valence electrons. The number of hydrogen-bond acceptors (Lipinski definition) is 2. The van der Waals surface area contributed by atoms with Gasteiger partial charge in [0, 0.05) is 24.6 Å². The molecule has 0 heterocycles. The lowest BCUT2D eigenvalue weighted by Gasteiger charge is -2.08. The van der Waals surface area contributed by atoms with Crippen LogP contribution in [-0.2, 0) is 11.3 Å². The molecule has 0 radical (unpaired) electrons. The number of para-hydroxylation sites is 1. The van der Waals surface area contributed by atoms with Gasteiger partial charge in [-0.3, -0.25) is 0 Å². The van der Waals surface area contributed by atoms with E-state index in [1.165, 1.54) is 5.56 Å². The minimum Gasteiger partial charge on any atom is -0.381 e. The molecule has 1 unspecified atom stereocenters. The van der Waals surface area contributed by atoms with Crippen LogP contribution in [0.15, 0.2) is 24.3 Å². The summed E-state index contributed by atoms with van der Waals surface area (Å²) in [4.78, 5) is 0. The van der Waals surface area contributed by atoms with Crippen molar-refractivity contribution >= 4 is 14.9 Å². The molecular formula is C9H14NOP. The molecule has 0 spiro atoms. The van der Waals surface area contributed by atoms with Gasteiger partial charge in [0.1, 0.15) is 0 Å². The predicted molar refractivity (Wildman–Crippen MR) is 55.4 cm³/mol. The zero-order valence-electron chi connectivity index (χ0n) is 7.21. The molecule has 1 N–H and O–H groups in total. The first-order valence-corrected chi connectivity index (χ1v) is 4.71. The lowest BCUT2D eigenvalue weighted by molar-refractivity contribution is 0.185. The van der Waals surface area contributed by atoms with Crippen LogP contribution in [0.2, 0.25) is 0 Å². The SMILES string of the molecule is COCc1ccccc1NCP. The van der Waals surface area contributed by atoms with E-state index in [0.29, 0.717) is 6.61 Å². The number of anilines is 1. The molecule has 3 heteroatoms. The highest BCUT2D eigenvalue weighted by Crippen LogP contribution is 2.15. The highest BCUT2D eigenvalue weighted by atomic mass is 31.0. The fraction of sp³-hybridized carbons (Fsp3) is 0.333. The van der Waals surface area contributed by atoms with Crippen molar-refractivity contribution in [3.8, 4) is 0 Å². The fourth-order valence-electron chi connectivity index (χ4n) is 1.08. The van der Waals surface area contributed by atoms with Gasteiger partial charge in [-0.1, -0.05) is 18.2 Å². The summed E-state index contributed by atoms with van der Waals surface area (Å²) < 4.78 is 5.07. The van der Waals surface area contributed by atoms with E-state index in [1.807, 2.05) is 12.1 Å². The number of nitrogens with one attached hydrogen (secondary N) is 1. The summed E-state index contributed by atoms with van der Waals surface area (Å²) in [5.74, 6) is 0. The summed E-state index contributed by atoms with van der Waals surface area (Å²) in [7, 11) is 4.34. The van der Waals surface area contributed by atoms with Gasteiger partial charge in [0.05, 0.1) is 6.61 Å². The number of rotatable bonds is 4. The van der Waals surface area contributed by atoms with Gasteiger partial charge in [0.15, 0.2) is 0 Å². The van der Waals surface area contributed by atoms with E-state index in [9.17, 15) is 0 Å². The van der Waals surface area contributed by atoms with E-state index in [0.717, 1.165) is 12.0 Å². The first-order valence-electron chi connectivity index (χ1n) is 3.89. The van der Waals surface area contributed by atoms with E-state index in [2.05, 4.69) is 26.7 Å². The highest BCUT2D eigenvalue weighted by molar-refractivity contribution is 7.16. The van der Waals surface area contributed by atoms with Crippen LogP contribution >= 0.6 is 9.24 Å². The van der Waals surface area contributed by atoms with Crippen LogP contribution in [-0.4, -0.2) is 13.4 Å². The highest BCUT2D eigenvalue weighted by Gasteiger charge is 1.97. The van der Waals surface area contributed by atoms with Crippen molar-refractivity contribution in [2.24, 2.45) is 0 Å². The Kier molecular flexibility index (Phi) is 4.06. The third kappa shape index (κ3) is 2.47. The molecule has 1 rings (SSSR count). The minimum absolute atomic E-state index is 0.661. The largest absolute Gasteiger partial charge is 0.381 e. The Morgan fingerprint density at radius 1 is 1.42 bits per heavy atom. The van der Waals surface area contributed by atoms with Gasteiger partial charge in [-0.2, -0.15) is 0 Å². The van der Waals surface area contributed by atoms with Gasteiger partial charge in [-0.15, -0.1) is 9.24 Å². The topological polar surface area (TPSA) is 21.3 Å². The summed E-state index contributed by atoms with van der Waals surface area (Å²) in [6, 6.07) is 8.15. The molecule has 0 saturated heterocycles. The molecular weight excluding hydrogens is 169 g/mol. The van der Waals surface area contributed by atoms with E-state index >= 15 is 0 Å². The standard InChI is InChI=1S/C9H14NOP/c1-11-6-8-4-2-3-5-9(8)10-7-12/h2-5,10H,6-7,12H2,1H3. The molecule has 0 aliphatic carbocycles. The Morgan fingerprint density at radius 3 is 2.83 bits per heavy atom. The van der Waals surface area contributed by atoms with Gasteiger partial charge in [-0.25, -0.2) is 0 Å². The van der Waals surface area contributed by atoms with Crippen LogP contribution in [0.3, 0.4) is 0 Å². The van der Waals surface area contributed by atoms with Crippen molar-refractivity contribution in [2.45, 2.75) is 6.61 Å². The van der Waals surface area contributed by atoms with Crippen LogP contribution in [0.25, 0.3) is 0 Å². The third-order valence-corrected chi connectivity index (χ3v) is 1.81. The maximum Gasteiger partial charge on any atom is 0.0733 e. The van der Waals surface area contributed by atoms with Crippen molar-refractivity contribution in [2.75, 3.05) is 18.7 Å². The van der Waals surface area contributed by atoms with Crippen molar-refractivity contribution in [1.29, 1.82) is 0 Å². The normalized spacial score (nSPS) is 9.83. The quantitative estimate of drug-likeness (QED) is 0.721. The van der Waals surface area contributed by atoms with Crippen LogP contribution in [0, 0.1) is 0 Å². The van der Waals surface area contributed by atoms with Crippen molar-refractivity contribution in [1.82, 2.24) is 0 Å². The van der Waals surface area contributed by atoms with Crippen molar-refractivity contribution < 1.29 is 4.74 Å². The van der Waals surface area contributed by atoms with Gasteiger partial charge in [-0.05, 0) is 6.07 Å². The van der Waals surface area contributed by atoms with Crippen molar-refractivity contribution in [3.63, 3.8) is 0 Å². The molecule has 0 saturated carbocycles. The lowest BCUT2D eigenvalue weighted by Crippen LogP contribution is -1.99. The number of methoxy groups -OCH3 is 1. The van der Waals surface area contributed by atoms with Gasteiger partial charge >= 0.3 is 0 Å². The average molecular weight is 183 g/mol. The summed E-state index contributed by atoms with van der Waals surface area (Å²) in [5.41, 5.74) is 2.34. The maximum atomic E-state index is 5.07. The molecule has 1 atom stereocenters. The first-order chi connectivity index (χ1) is 5.88. The second-order valence-electron chi connectivity index (χ2n) is 2.47. The number of benzene rings is 1. The fourth-order valence-corrected chi connectivity index (χ4v) is 1.30. The van der Waals surface area contributed by atoms with Crippen LogP contribution in [0.5, 0.6) is 0 Å². The minimum atomic E-state index is 0.661. The Labute approximate surface area is 75.5 Å². The summed E-state index contributed by atoms with van der Waals surface area (Å²) in [6.07, 6.45) is 0.862. The van der Waals surface area contributed by atoms with E-state index in [-0.39, 0.29) is 0 Å². The molecule has 0 bridgehead atoms. The molecule has 0 aliphatic rings. The molecule has 0 fully saturated rings. The zero-order valence-corrected chi connectivity index (χ0v) is 8.36. The van der Waals surface area contributed by atoms with E-state index in [4.69, 9.17) is 4.74 Å². The zero-order chi connectivity index (χ0) is 8.81. The molecule has 1 aromatic carbocycles.